The molecule has 2 unspecified atom stereocenters. The maximum absolute atomic E-state index is 12.6. The van der Waals surface area contributed by atoms with Crippen molar-refractivity contribution in [2.24, 2.45) is 0 Å². The first-order valence-corrected chi connectivity index (χ1v) is 7.53. The molecule has 3 rings (SSSR count). The number of carbonyl (C=O) groups is 1. The van der Waals surface area contributed by atoms with E-state index in [-0.39, 0.29) is 18.1 Å². The van der Waals surface area contributed by atoms with Crippen molar-refractivity contribution in [3.8, 4) is 5.69 Å². The average Bonchev–Trinajstić information content (AvgIpc) is 2.96. The molecular weight excluding hydrogens is 280 g/mol. The third kappa shape index (κ3) is 2.87. The summed E-state index contributed by atoms with van der Waals surface area (Å²) in [7, 11) is 0. The Morgan fingerprint density at radius 3 is 2.95 bits per heavy atom. The molecule has 1 saturated heterocycles. The van der Waals surface area contributed by atoms with Gasteiger partial charge >= 0.3 is 0 Å². The van der Waals surface area contributed by atoms with Crippen LogP contribution in [0.5, 0.6) is 0 Å². The van der Waals surface area contributed by atoms with Crippen molar-refractivity contribution in [3.05, 3.63) is 41.7 Å². The molecular formula is C16H20N4O2. The number of amides is 1. The van der Waals surface area contributed by atoms with Gasteiger partial charge in [0.1, 0.15) is 0 Å². The van der Waals surface area contributed by atoms with E-state index in [4.69, 9.17) is 0 Å². The summed E-state index contributed by atoms with van der Waals surface area (Å²) in [5, 5.41) is 17.7. The van der Waals surface area contributed by atoms with Crippen LogP contribution >= 0.6 is 0 Å². The summed E-state index contributed by atoms with van der Waals surface area (Å²) in [6, 6.07) is 7.88. The lowest BCUT2D eigenvalue weighted by atomic mass is 10.0. The van der Waals surface area contributed by atoms with Crippen molar-refractivity contribution in [3.63, 3.8) is 0 Å². The summed E-state index contributed by atoms with van der Waals surface area (Å²) < 4.78 is 1.61. The molecule has 1 amide bonds. The van der Waals surface area contributed by atoms with Gasteiger partial charge in [0.15, 0.2) is 5.69 Å². The summed E-state index contributed by atoms with van der Waals surface area (Å²) in [5.41, 5.74) is 2.35. The van der Waals surface area contributed by atoms with Crippen LogP contribution in [-0.2, 0) is 0 Å². The molecule has 2 heterocycles. The van der Waals surface area contributed by atoms with Crippen molar-refractivity contribution in [2.45, 2.75) is 38.8 Å². The number of likely N-dealkylation sites (tertiary alicyclic amines) is 1. The lowest BCUT2D eigenvalue weighted by Gasteiger charge is -2.35. The minimum atomic E-state index is -0.318. The fourth-order valence-electron chi connectivity index (χ4n) is 2.85. The number of hydrogen-bond acceptors (Lipinski definition) is 4. The number of carbonyl (C=O) groups excluding carboxylic acids is 1. The van der Waals surface area contributed by atoms with Crippen molar-refractivity contribution >= 4 is 5.91 Å². The molecule has 1 aliphatic heterocycles. The standard InChI is InChI=1S/C16H20N4O2/c1-11-4-3-5-13(8-11)20-10-15(17-18-20)16(22)19-7-6-14(21)9-12(19)2/h3-5,8,10,12,14,21H,6-7,9H2,1-2H3. The van der Waals surface area contributed by atoms with Gasteiger partial charge in [0.05, 0.1) is 18.0 Å². The van der Waals surface area contributed by atoms with Crippen LogP contribution < -0.4 is 0 Å². The van der Waals surface area contributed by atoms with Gasteiger partial charge in [0, 0.05) is 12.6 Å². The highest BCUT2D eigenvalue weighted by Crippen LogP contribution is 2.19. The number of rotatable bonds is 2. The summed E-state index contributed by atoms with van der Waals surface area (Å²) in [4.78, 5) is 14.3. The van der Waals surface area contributed by atoms with E-state index in [0.717, 1.165) is 11.3 Å². The number of aryl methyl sites for hydroxylation is 1. The van der Waals surface area contributed by atoms with Crippen LogP contribution in [0.2, 0.25) is 0 Å². The molecule has 1 aromatic heterocycles. The molecule has 0 radical (unpaired) electrons. The minimum Gasteiger partial charge on any atom is -0.393 e. The normalized spacial score (nSPS) is 21.9. The fraction of sp³-hybridized carbons (Fsp3) is 0.438. The number of piperidine rings is 1. The number of nitrogens with zero attached hydrogens (tertiary/aromatic N) is 4. The Labute approximate surface area is 129 Å². The summed E-state index contributed by atoms with van der Waals surface area (Å²) in [5.74, 6) is -0.127. The first-order chi connectivity index (χ1) is 10.5. The van der Waals surface area contributed by atoms with Gasteiger partial charge in [-0.25, -0.2) is 4.68 Å². The van der Waals surface area contributed by atoms with E-state index in [2.05, 4.69) is 10.3 Å². The molecule has 6 nitrogen and oxygen atoms in total. The molecule has 1 N–H and O–H groups in total. The second-order valence-corrected chi connectivity index (χ2v) is 5.91. The average molecular weight is 300 g/mol. The highest BCUT2D eigenvalue weighted by molar-refractivity contribution is 5.92. The predicted octanol–water partition coefficient (Wildman–Crippen LogP) is 1.56. The van der Waals surface area contributed by atoms with E-state index in [9.17, 15) is 9.90 Å². The zero-order valence-electron chi connectivity index (χ0n) is 12.8. The molecule has 0 saturated carbocycles. The van der Waals surface area contributed by atoms with Gasteiger partial charge in [-0.15, -0.1) is 5.10 Å². The van der Waals surface area contributed by atoms with Gasteiger partial charge in [-0.3, -0.25) is 4.79 Å². The molecule has 116 valence electrons. The Morgan fingerprint density at radius 1 is 1.41 bits per heavy atom. The number of hydrogen-bond donors (Lipinski definition) is 1. The van der Waals surface area contributed by atoms with Crippen molar-refractivity contribution in [2.75, 3.05) is 6.54 Å². The SMILES string of the molecule is Cc1cccc(-n2cc(C(=O)N3CCC(O)CC3C)nn2)c1. The molecule has 0 aliphatic carbocycles. The maximum atomic E-state index is 12.6. The molecule has 2 aromatic rings. The van der Waals surface area contributed by atoms with E-state index in [1.807, 2.05) is 38.1 Å². The first kappa shape index (κ1) is 14.7. The number of aromatic nitrogens is 3. The van der Waals surface area contributed by atoms with Gasteiger partial charge in [0.2, 0.25) is 0 Å². The summed E-state index contributed by atoms with van der Waals surface area (Å²) in [6.07, 6.45) is 2.57. The Hall–Kier alpha value is -2.21. The van der Waals surface area contributed by atoms with E-state index in [1.54, 1.807) is 15.8 Å². The van der Waals surface area contributed by atoms with Crippen LogP contribution in [-0.4, -0.2) is 49.6 Å². The molecule has 6 heteroatoms. The molecule has 0 bridgehead atoms. The fourth-order valence-corrected chi connectivity index (χ4v) is 2.85. The van der Waals surface area contributed by atoms with Crippen LogP contribution in [0, 0.1) is 6.92 Å². The lowest BCUT2D eigenvalue weighted by Crippen LogP contribution is -2.46. The summed E-state index contributed by atoms with van der Waals surface area (Å²) >= 11 is 0. The van der Waals surface area contributed by atoms with E-state index in [0.29, 0.717) is 25.1 Å². The molecule has 1 aromatic carbocycles. The summed E-state index contributed by atoms with van der Waals surface area (Å²) in [6.45, 7) is 4.51. The zero-order chi connectivity index (χ0) is 15.7. The monoisotopic (exact) mass is 300 g/mol. The number of aliphatic hydroxyl groups is 1. The molecule has 1 aliphatic rings. The van der Waals surface area contributed by atoms with Crippen molar-refractivity contribution < 1.29 is 9.90 Å². The topological polar surface area (TPSA) is 71.2 Å². The van der Waals surface area contributed by atoms with Gasteiger partial charge in [-0.2, -0.15) is 0 Å². The highest BCUT2D eigenvalue weighted by Gasteiger charge is 2.29. The van der Waals surface area contributed by atoms with E-state index < -0.39 is 0 Å². The largest absolute Gasteiger partial charge is 0.393 e. The van der Waals surface area contributed by atoms with Crippen LogP contribution in [0.4, 0.5) is 0 Å². The van der Waals surface area contributed by atoms with Crippen molar-refractivity contribution in [1.82, 2.24) is 19.9 Å². The van der Waals surface area contributed by atoms with Gasteiger partial charge in [0.25, 0.3) is 5.91 Å². The highest BCUT2D eigenvalue weighted by atomic mass is 16.3. The van der Waals surface area contributed by atoms with Crippen LogP contribution in [0.15, 0.2) is 30.5 Å². The maximum Gasteiger partial charge on any atom is 0.276 e. The molecule has 22 heavy (non-hydrogen) atoms. The first-order valence-electron chi connectivity index (χ1n) is 7.53. The van der Waals surface area contributed by atoms with Gasteiger partial charge < -0.3 is 10.0 Å². The minimum absolute atomic E-state index is 0.0142. The third-order valence-corrected chi connectivity index (χ3v) is 4.09. The molecule has 0 spiro atoms. The van der Waals surface area contributed by atoms with Gasteiger partial charge in [-0.05, 0) is 44.4 Å². The number of benzene rings is 1. The third-order valence-electron chi connectivity index (χ3n) is 4.09. The Balaban J connectivity index is 1.80. The Bertz CT molecular complexity index is 682. The number of aliphatic hydroxyl groups excluding tert-OH is 1. The van der Waals surface area contributed by atoms with Crippen LogP contribution in [0.3, 0.4) is 0 Å². The second kappa shape index (κ2) is 5.88. The molecule has 2 atom stereocenters. The Morgan fingerprint density at radius 2 is 2.23 bits per heavy atom. The predicted molar refractivity (Wildman–Crippen MR) is 81.8 cm³/mol. The smallest absolute Gasteiger partial charge is 0.276 e. The lowest BCUT2D eigenvalue weighted by molar-refractivity contribution is 0.0360. The quantitative estimate of drug-likeness (QED) is 0.913. The zero-order valence-corrected chi connectivity index (χ0v) is 12.8. The second-order valence-electron chi connectivity index (χ2n) is 5.91. The Kier molecular flexibility index (Phi) is 3.94. The van der Waals surface area contributed by atoms with E-state index in [1.165, 1.54) is 0 Å². The van der Waals surface area contributed by atoms with Crippen LogP contribution in [0.25, 0.3) is 5.69 Å². The molecule has 1 fully saturated rings. The van der Waals surface area contributed by atoms with Gasteiger partial charge in [-0.1, -0.05) is 17.3 Å². The van der Waals surface area contributed by atoms with E-state index >= 15 is 0 Å². The van der Waals surface area contributed by atoms with Crippen LogP contribution in [0.1, 0.15) is 35.8 Å². The van der Waals surface area contributed by atoms with Crippen molar-refractivity contribution in [1.29, 1.82) is 0 Å².